The normalized spacial score (nSPS) is 15.4. The predicted octanol–water partition coefficient (Wildman–Crippen LogP) is 1.94. The third kappa shape index (κ3) is 5.56. The highest BCUT2D eigenvalue weighted by atomic mass is 16.2. The van der Waals surface area contributed by atoms with Gasteiger partial charge in [0.25, 0.3) is 11.9 Å². The van der Waals surface area contributed by atoms with E-state index in [2.05, 4.69) is 58.1 Å². The van der Waals surface area contributed by atoms with Crippen LogP contribution in [0, 0.1) is 16.7 Å². The van der Waals surface area contributed by atoms with Crippen molar-refractivity contribution in [1.82, 2.24) is 34.8 Å². The fourth-order valence-corrected chi connectivity index (χ4v) is 3.70. The summed E-state index contributed by atoms with van der Waals surface area (Å²) < 4.78 is 1.45. The molecular formula is C24H31N9O. The second kappa shape index (κ2) is 9.85. The molecule has 0 spiro atoms. The van der Waals surface area contributed by atoms with Crippen LogP contribution in [0.25, 0.3) is 5.65 Å². The van der Waals surface area contributed by atoms with Crippen molar-refractivity contribution in [2.45, 2.75) is 27.3 Å². The number of aromatic nitrogens is 4. The first kappa shape index (κ1) is 23.8. The number of carbonyl (C=O) groups excluding carboxylic acids is 1. The van der Waals surface area contributed by atoms with Crippen LogP contribution in [-0.4, -0.2) is 75.1 Å². The topological polar surface area (TPSA) is 106 Å². The molecule has 1 aliphatic rings. The van der Waals surface area contributed by atoms with E-state index in [1.54, 1.807) is 12.3 Å². The molecule has 0 bridgehead atoms. The van der Waals surface area contributed by atoms with Gasteiger partial charge in [-0.05, 0) is 30.2 Å². The molecule has 4 rings (SSSR count). The lowest BCUT2D eigenvalue weighted by molar-refractivity contribution is 0.0967. The SMILES string of the molecule is CN1CCN(Cc2ccc(C(=O)N(NCC(C)(C)C)c3nc(C#N)nc4ccnn34)cc2)CC1. The number of nitrogens with one attached hydrogen (secondary N) is 1. The van der Waals surface area contributed by atoms with Crippen molar-refractivity contribution in [1.29, 1.82) is 5.26 Å². The van der Waals surface area contributed by atoms with Gasteiger partial charge in [0.1, 0.15) is 6.07 Å². The van der Waals surface area contributed by atoms with Gasteiger partial charge in [0.15, 0.2) is 5.65 Å². The molecule has 0 saturated carbocycles. The summed E-state index contributed by atoms with van der Waals surface area (Å²) in [4.78, 5) is 26.8. The average molecular weight is 462 g/mol. The molecule has 1 amide bonds. The summed E-state index contributed by atoms with van der Waals surface area (Å²) in [7, 11) is 2.14. The number of anilines is 1. The van der Waals surface area contributed by atoms with Gasteiger partial charge < -0.3 is 4.90 Å². The van der Waals surface area contributed by atoms with E-state index in [1.807, 2.05) is 30.3 Å². The molecule has 0 aliphatic carbocycles. The third-order valence-corrected chi connectivity index (χ3v) is 5.71. The molecular weight excluding hydrogens is 430 g/mol. The summed E-state index contributed by atoms with van der Waals surface area (Å²) in [6.45, 7) is 11.8. The van der Waals surface area contributed by atoms with Crippen molar-refractivity contribution in [3.05, 3.63) is 53.5 Å². The molecule has 10 nitrogen and oxygen atoms in total. The maximum absolute atomic E-state index is 13.6. The Labute approximate surface area is 199 Å². The Hall–Kier alpha value is -3.39. The second-order valence-corrected chi connectivity index (χ2v) is 9.87. The zero-order valence-electron chi connectivity index (χ0n) is 20.2. The van der Waals surface area contributed by atoms with E-state index in [0.29, 0.717) is 17.8 Å². The molecule has 1 N–H and O–H groups in total. The van der Waals surface area contributed by atoms with E-state index < -0.39 is 0 Å². The Morgan fingerprint density at radius 3 is 2.47 bits per heavy atom. The fourth-order valence-electron chi connectivity index (χ4n) is 3.70. The molecule has 10 heteroatoms. The van der Waals surface area contributed by atoms with E-state index in [4.69, 9.17) is 0 Å². The molecule has 178 valence electrons. The molecule has 1 aromatic carbocycles. The molecule has 2 aromatic heterocycles. The zero-order valence-corrected chi connectivity index (χ0v) is 20.2. The number of benzene rings is 1. The lowest BCUT2D eigenvalue weighted by Crippen LogP contribution is -2.48. The second-order valence-electron chi connectivity index (χ2n) is 9.87. The van der Waals surface area contributed by atoms with Gasteiger partial charge in [0.05, 0.1) is 6.20 Å². The minimum absolute atomic E-state index is 0.0270. The predicted molar refractivity (Wildman–Crippen MR) is 129 cm³/mol. The van der Waals surface area contributed by atoms with Crippen molar-refractivity contribution in [2.24, 2.45) is 5.41 Å². The van der Waals surface area contributed by atoms with Gasteiger partial charge in [-0.2, -0.15) is 24.8 Å². The molecule has 1 fully saturated rings. The van der Waals surface area contributed by atoms with Crippen molar-refractivity contribution < 1.29 is 4.79 Å². The summed E-state index contributed by atoms with van der Waals surface area (Å²) in [5.74, 6) is -0.113. The molecule has 1 saturated heterocycles. The monoisotopic (exact) mass is 461 g/mol. The standard InChI is InChI=1S/C24H31N9O/c1-24(2,3)17-27-33(23-29-20(15-25)28-21-9-10-26-32(21)23)22(34)19-7-5-18(6-8-19)16-31-13-11-30(4)12-14-31/h5-10,27H,11-14,16-17H2,1-4H3. The highest BCUT2D eigenvalue weighted by Crippen LogP contribution is 2.18. The van der Waals surface area contributed by atoms with E-state index >= 15 is 0 Å². The van der Waals surface area contributed by atoms with E-state index in [1.165, 1.54) is 15.1 Å². The van der Waals surface area contributed by atoms with Crippen LogP contribution in [0.3, 0.4) is 0 Å². The first-order valence-corrected chi connectivity index (χ1v) is 11.4. The number of fused-ring (bicyclic) bond motifs is 1. The Balaban J connectivity index is 1.60. The quantitative estimate of drug-likeness (QED) is 0.555. The van der Waals surface area contributed by atoms with Crippen LogP contribution in [0.2, 0.25) is 0 Å². The number of amides is 1. The minimum atomic E-state index is -0.283. The molecule has 0 unspecified atom stereocenters. The van der Waals surface area contributed by atoms with Crippen molar-refractivity contribution >= 4 is 17.5 Å². The lowest BCUT2D eigenvalue weighted by Gasteiger charge is -2.32. The first-order chi connectivity index (χ1) is 16.2. The maximum atomic E-state index is 13.6. The van der Waals surface area contributed by atoms with Crippen molar-refractivity contribution in [3.63, 3.8) is 0 Å². The Kier molecular flexibility index (Phi) is 6.88. The number of hydrogen-bond acceptors (Lipinski definition) is 8. The Morgan fingerprint density at radius 1 is 1.12 bits per heavy atom. The van der Waals surface area contributed by atoms with E-state index in [-0.39, 0.29) is 23.1 Å². The molecule has 3 heterocycles. The number of hydrogen-bond donors (Lipinski definition) is 1. The van der Waals surface area contributed by atoms with Crippen LogP contribution in [0.5, 0.6) is 0 Å². The average Bonchev–Trinajstić information content (AvgIpc) is 3.29. The van der Waals surface area contributed by atoms with E-state index in [9.17, 15) is 10.1 Å². The molecule has 0 atom stereocenters. The maximum Gasteiger partial charge on any atom is 0.275 e. The van der Waals surface area contributed by atoms with Crippen LogP contribution in [0.15, 0.2) is 36.5 Å². The highest BCUT2D eigenvalue weighted by Gasteiger charge is 2.25. The van der Waals surface area contributed by atoms with Gasteiger partial charge in [0, 0.05) is 50.9 Å². The number of piperazine rings is 1. The number of nitrogens with zero attached hydrogens (tertiary/aromatic N) is 8. The van der Waals surface area contributed by atoms with Crippen LogP contribution in [0.4, 0.5) is 5.95 Å². The molecule has 0 radical (unpaired) electrons. The number of rotatable bonds is 6. The van der Waals surface area contributed by atoms with Crippen molar-refractivity contribution in [2.75, 3.05) is 44.8 Å². The molecule has 1 aliphatic heterocycles. The summed E-state index contributed by atoms with van der Waals surface area (Å²) in [5.41, 5.74) is 5.23. The van der Waals surface area contributed by atoms with Gasteiger partial charge in [-0.15, -0.1) is 0 Å². The summed E-state index contributed by atoms with van der Waals surface area (Å²) in [6.07, 6.45) is 1.56. The summed E-state index contributed by atoms with van der Waals surface area (Å²) in [6, 6.07) is 11.3. The number of hydrazine groups is 1. The number of carbonyl (C=O) groups is 1. The molecule has 3 aromatic rings. The Morgan fingerprint density at radius 2 is 1.82 bits per heavy atom. The van der Waals surface area contributed by atoms with Gasteiger partial charge in [-0.1, -0.05) is 32.9 Å². The van der Waals surface area contributed by atoms with Crippen LogP contribution < -0.4 is 10.4 Å². The minimum Gasteiger partial charge on any atom is -0.304 e. The molecule has 34 heavy (non-hydrogen) atoms. The lowest BCUT2D eigenvalue weighted by atomic mass is 9.97. The van der Waals surface area contributed by atoms with Crippen LogP contribution in [-0.2, 0) is 6.54 Å². The van der Waals surface area contributed by atoms with Crippen LogP contribution >= 0.6 is 0 Å². The van der Waals surface area contributed by atoms with Gasteiger partial charge in [0.2, 0.25) is 5.82 Å². The first-order valence-electron chi connectivity index (χ1n) is 11.4. The van der Waals surface area contributed by atoms with Crippen LogP contribution in [0.1, 0.15) is 42.5 Å². The van der Waals surface area contributed by atoms with Gasteiger partial charge in [-0.3, -0.25) is 9.69 Å². The summed E-state index contributed by atoms with van der Waals surface area (Å²) >= 11 is 0. The number of nitriles is 1. The fraction of sp³-hybridized carbons (Fsp3) is 0.458. The smallest absolute Gasteiger partial charge is 0.275 e. The highest BCUT2D eigenvalue weighted by molar-refractivity contribution is 6.04. The number of likely N-dealkylation sites (N-methyl/N-ethyl adjacent to an activating group) is 1. The van der Waals surface area contributed by atoms with Crippen molar-refractivity contribution in [3.8, 4) is 6.07 Å². The third-order valence-electron chi connectivity index (χ3n) is 5.71. The summed E-state index contributed by atoms with van der Waals surface area (Å²) in [5, 5.41) is 15.0. The van der Waals surface area contributed by atoms with Gasteiger partial charge in [-0.25, -0.2) is 10.4 Å². The van der Waals surface area contributed by atoms with E-state index in [0.717, 1.165) is 32.7 Å². The van der Waals surface area contributed by atoms with Gasteiger partial charge >= 0.3 is 0 Å². The largest absolute Gasteiger partial charge is 0.304 e. The zero-order chi connectivity index (χ0) is 24.3. The Bertz CT molecular complexity index is 1180.